The predicted octanol–water partition coefficient (Wildman–Crippen LogP) is 3.85. The highest BCUT2D eigenvalue weighted by molar-refractivity contribution is 5.66. The van der Waals surface area contributed by atoms with Gasteiger partial charge in [0.1, 0.15) is 0 Å². The van der Waals surface area contributed by atoms with Crippen molar-refractivity contribution in [1.29, 1.82) is 0 Å². The van der Waals surface area contributed by atoms with Gasteiger partial charge in [-0.25, -0.2) is 0 Å². The largest absolute Gasteiger partial charge is 0.314 e. The van der Waals surface area contributed by atoms with Crippen molar-refractivity contribution in [2.75, 3.05) is 6.54 Å². The van der Waals surface area contributed by atoms with E-state index < -0.39 is 0 Å². The summed E-state index contributed by atoms with van der Waals surface area (Å²) in [6.07, 6.45) is 6.24. The van der Waals surface area contributed by atoms with Gasteiger partial charge >= 0.3 is 0 Å². The number of nitrogens with one attached hydrogen (secondary N) is 1. The molecule has 1 N–H and O–H groups in total. The number of rotatable bonds is 5. The summed E-state index contributed by atoms with van der Waals surface area (Å²) in [5, 5.41) is 3.54. The van der Waals surface area contributed by atoms with Crippen molar-refractivity contribution in [3.63, 3.8) is 0 Å². The fraction of sp³-hybridized carbons (Fsp3) is 0.500. The van der Waals surface area contributed by atoms with Gasteiger partial charge in [-0.15, -0.1) is 0 Å². The second-order valence-electron chi connectivity index (χ2n) is 5.22. The molecule has 0 bridgehead atoms. The van der Waals surface area contributed by atoms with Crippen LogP contribution in [-0.4, -0.2) is 12.6 Å². The Kier molecular flexibility index (Phi) is 4.01. The van der Waals surface area contributed by atoms with E-state index in [-0.39, 0.29) is 0 Å². The van der Waals surface area contributed by atoms with Crippen molar-refractivity contribution in [2.24, 2.45) is 0 Å². The van der Waals surface area contributed by atoms with E-state index in [1.807, 2.05) is 0 Å². The van der Waals surface area contributed by atoms with Crippen LogP contribution >= 0.6 is 0 Å². The van der Waals surface area contributed by atoms with E-state index in [1.54, 1.807) is 0 Å². The third kappa shape index (κ3) is 3.71. The Labute approximate surface area is 105 Å². The Hall–Kier alpha value is -1.08. The van der Waals surface area contributed by atoms with Crippen LogP contribution < -0.4 is 5.32 Å². The van der Waals surface area contributed by atoms with Crippen LogP contribution in [-0.2, 0) is 0 Å². The van der Waals surface area contributed by atoms with E-state index in [2.05, 4.69) is 50.4 Å². The standard InChI is InChI=1S/C16H23N/c1-12-6-9-16(14(3)11-12)13(2)5-4-10-17-15-7-8-15/h5-6,9,11,15,17H,4,7-8,10H2,1-3H3. The van der Waals surface area contributed by atoms with Gasteiger partial charge in [0.2, 0.25) is 0 Å². The van der Waals surface area contributed by atoms with E-state index in [4.69, 9.17) is 0 Å². The minimum Gasteiger partial charge on any atom is -0.314 e. The van der Waals surface area contributed by atoms with Gasteiger partial charge in [0.05, 0.1) is 0 Å². The Bertz CT molecular complexity index is 414. The zero-order valence-electron chi connectivity index (χ0n) is 11.2. The molecule has 1 fully saturated rings. The Balaban J connectivity index is 1.92. The molecule has 1 nitrogen and oxygen atoms in total. The van der Waals surface area contributed by atoms with Crippen LogP contribution in [0, 0.1) is 13.8 Å². The topological polar surface area (TPSA) is 12.0 Å². The second kappa shape index (κ2) is 5.50. The van der Waals surface area contributed by atoms with E-state index >= 15 is 0 Å². The highest BCUT2D eigenvalue weighted by Crippen LogP contribution is 2.21. The molecule has 0 unspecified atom stereocenters. The Morgan fingerprint density at radius 1 is 1.35 bits per heavy atom. The molecule has 1 heteroatoms. The fourth-order valence-electron chi connectivity index (χ4n) is 2.23. The van der Waals surface area contributed by atoms with Gasteiger partial charge in [-0.3, -0.25) is 0 Å². The summed E-state index contributed by atoms with van der Waals surface area (Å²) in [7, 11) is 0. The second-order valence-corrected chi connectivity index (χ2v) is 5.22. The lowest BCUT2D eigenvalue weighted by Gasteiger charge is -2.07. The zero-order valence-corrected chi connectivity index (χ0v) is 11.2. The summed E-state index contributed by atoms with van der Waals surface area (Å²) in [4.78, 5) is 0. The van der Waals surface area contributed by atoms with Crippen molar-refractivity contribution < 1.29 is 0 Å². The van der Waals surface area contributed by atoms with E-state index in [0.29, 0.717) is 0 Å². The van der Waals surface area contributed by atoms with Crippen LogP contribution in [0.25, 0.3) is 5.57 Å². The normalized spacial score (nSPS) is 16.3. The van der Waals surface area contributed by atoms with Crippen LogP contribution in [0.2, 0.25) is 0 Å². The molecule has 0 saturated heterocycles. The van der Waals surface area contributed by atoms with Gasteiger partial charge in [0.15, 0.2) is 0 Å². The summed E-state index contributed by atoms with van der Waals surface area (Å²) < 4.78 is 0. The maximum Gasteiger partial charge on any atom is 0.00683 e. The Morgan fingerprint density at radius 2 is 2.12 bits per heavy atom. The van der Waals surface area contributed by atoms with Gasteiger partial charge in [0, 0.05) is 6.04 Å². The van der Waals surface area contributed by atoms with E-state index in [0.717, 1.165) is 19.0 Å². The lowest BCUT2D eigenvalue weighted by Crippen LogP contribution is -2.16. The highest BCUT2D eigenvalue weighted by Gasteiger charge is 2.19. The maximum atomic E-state index is 3.54. The van der Waals surface area contributed by atoms with Crippen LogP contribution in [0.15, 0.2) is 24.3 Å². The van der Waals surface area contributed by atoms with E-state index in [9.17, 15) is 0 Å². The molecule has 0 heterocycles. The molecule has 0 amide bonds. The molecular weight excluding hydrogens is 206 g/mol. The lowest BCUT2D eigenvalue weighted by molar-refractivity contribution is 0.690. The minimum atomic E-state index is 0.824. The summed E-state index contributed by atoms with van der Waals surface area (Å²) in [6.45, 7) is 7.68. The van der Waals surface area contributed by atoms with Crippen LogP contribution in [0.5, 0.6) is 0 Å². The molecular formula is C16H23N. The molecule has 1 aromatic carbocycles. The first kappa shape index (κ1) is 12.4. The Morgan fingerprint density at radius 3 is 2.76 bits per heavy atom. The van der Waals surface area contributed by atoms with Gasteiger partial charge in [-0.1, -0.05) is 29.8 Å². The zero-order chi connectivity index (χ0) is 12.3. The number of allylic oxidation sites excluding steroid dienone is 1. The monoisotopic (exact) mass is 229 g/mol. The third-order valence-electron chi connectivity index (χ3n) is 3.41. The van der Waals surface area contributed by atoms with Crippen LogP contribution in [0.3, 0.4) is 0 Å². The molecule has 17 heavy (non-hydrogen) atoms. The predicted molar refractivity (Wildman–Crippen MR) is 75.2 cm³/mol. The molecule has 0 aliphatic heterocycles. The number of hydrogen-bond acceptors (Lipinski definition) is 1. The molecule has 0 aromatic heterocycles. The van der Waals surface area contributed by atoms with Crippen LogP contribution in [0.4, 0.5) is 0 Å². The first-order valence-corrected chi connectivity index (χ1v) is 6.64. The van der Waals surface area contributed by atoms with Crippen molar-refractivity contribution in [1.82, 2.24) is 5.32 Å². The lowest BCUT2D eigenvalue weighted by atomic mass is 9.99. The molecule has 0 radical (unpaired) electrons. The van der Waals surface area contributed by atoms with Crippen molar-refractivity contribution in [3.05, 3.63) is 41.0 Å². The summed E-state index contributed by atoms with van der Waals surface area (Å²) in [5.74, 6) is 0. The quantitative estimate of drug-likeness (QED) is 0.756. The van der Waals surface area contributed by atoms with Gasteiger partial charge < -0.3 is 5.32 Å². The number of benzene rings is 1. The molecule has 92 valence electrons. The third-order valence-corrected chi connectivity index (χ3v) is 3.41. The van der Waals surface area contributed by atoms with Gasteiger partial charge in [0.25, 0.3) is 0 Å². The number of hydrogen-bond donors (Lipinski definition) is 1. The first-order valence-electron chi connectivity index (χ1n) is 6.64. The fourth-order valence-corrected chi connectivity index (χ4v) is 2.23. The maximum absolute atomic E-state index is 3.54. The SMILES string of the molecule is CC(=CCCNC1CC1)c1ccc(C)cc1C. The first-order chi connectivity index (χ1) is 8.16. The van der Waals surface area contributed by atoms with Crippen molar-refractivity contribution in [2.45, 2.75) is 46.1 Å². The van der Waals surface area contributed by atoms with Crippen molar-refractivity contribution >= 4 is 5.57 Å². The molecule has 2 rings (SSSR count). The molecule has 0 atom stereocenters. The molecule has 1 aliphatic rings. The van der Waals surface area contributed by atoms with Gasteiger partial charge in [-0.05, 0) is 63.3 Å². The smallest absolute Gasteiger partial charge is 0.00683 e. The average Bonchev–Trinajstić information content (AvgIpc) is 3.08. The van der Waals surface area contributed by atoms with E-state index in [1.165, 1.54) is 35.1 Å². The average molecular weight is 229 g/mol. The number of aryl methyl sites for hydroxylation is 2. The molecule has 1 aromatic rings. The minimum absolute atomic E-state index is 0.824. The van der Waals surface area contributed by atoms with Gasteiger partial charge in [-0.2, -0.15) is 0 Å². The molecule has 1 saturated carbocycles. The van der Waals surface area contributed by atoms with Crippen molar-refractivity contribution in [3.8, 4) is 0 Å². The molecule has 1 aliphatic carbocycles. The summed E-state index contributed by atoms with van der Waals surface area (Å²) in [5.41, 5.74) is 5.52. The van der Waals surface area contributed by atoms with Crippen LogP contribution in [0.1, 0.15) is 42.9 Å². The summed E-state index contributed by atoms with van der Waals surface area (Å²) >= 11 is 0. The molecule has 0 spiro atoms. The summed E-state index contributed by atoms with van der Waals surface area (Å²) in [6, 6.07) is 7.52. The highest BCUT2D eigenvalue weighted by atomic mass is 14.9.